The van der Waals surface area contributed by atoms with Crippen LogP contribution >= 0.6 is 0 Å². The van der Waals surface area contributed by atoms with Gasteiger partial charge in [0.2, 0.25) is 5.91 Å². The zero-order chi connectivity index (χ0) is 15.0. The second kappa shape index (κ2) is 8.32. The third-order valence-electron chi connectivity index (χ3n) is 3.00. The quantitative estimate of drug-likeness (QED) is 0.746. The summed E-state index contributed by atoms with van der Waals surface area (Å²) in [5, 5.41) is 2.77. The molecule has 5 nitrogen and oxygen atoms in total. The van der Waals surface area contributed by atoms with Gasteiger partial charge in [0.1, 0.15) is 0 Å². The normalized spacial score (nSPS) is 11.8. The SMILES string of the molecule is CCCC(N)C(=O)Nc1ccc(CCC(=O)OC)cc1. The van der Waals surface area contributed by atoms with Crippen molar-refractivity contribution in [3.8, 4) is 0 Å². The molecule has 0 spiro atoms. The van der Waals surface area contributed by atoms with Crippen LogP contribution in [-0.4, -0.2) is 25.0 Å². The van der Waals surface area contributed by atoms with E-state index in [-0.39, 0.29) is 11.9 Å². The van der Waals surface area contributed by atoms with Crippen molar-refractivity contribution in [1.29, 1.82) is 0 Å². The number of ether oxygens (including phenoxy) is 1. The van der Waals surface area contributed by atoms with E-state index in [2.05, 4.69) is 10.1 Å². The zero-order valence-corrected chi connectivity index (χ0v) is 12.0. The lowest BCUT2D eigenvalue weighted by atomic mass is 10.1. The summed E-state index contributed by atoms with van der Waals surface area (Å²) in [7, 11) is 1.38. The molecule has 0 aromatic heterocycles. The van der Waals surface area contributed by atoms with Crippen LogP contribution < -0.4 is 11.1 Å². The predicted octanol–water partition coefficient (Wildman–Crippen LogP) is 1.86. The van der Waals surface area contributed by atoms with Crippen LogP contribution in [0.15, 0.2) is 24.3 Å². The van der Waals surface area contributed by atoms with Gasteiger partial charge in [-0.15, -0.1) is 0 Å². The molecule has 1 rings (SSSR count). The number of amides is 1. The minimum atomic E-state index is -0.473. The van der Waals surface area contributed by atoms with Gasteiger partial charge in [-0.3, -0.25) is 9.59 Å². The van der Waals surface area contributed by atoms with E-state index in [1.165, 1.54) is 7.11 Å². The van der Waals surface area contributed by atoms with Crippen molar-refractivity contribution in [2.45, 2.75) is 38.6 Å². The van der Waals surface area contributed by atoms with Crippen molar-refractivity contribution in [2.75, 3.05) is 12.4 Å². The molecule has 1 atom stereocenters. The van der Waals surface area contributed by atoms with Gasteiger partial charge in [-0.2, -0.15) is 0 Å². The first kappa shape index (κ1) is 16.2. The Morgan fingerprint density at radius 1 is 1.30 bits per heavy atom. The van der Waals surface area contributed by atoms with Crippen molar-refractivity contribution < 1.29 is 14.3 Å². The maximum Gasteiger partial charge on any atom is 0.305 e. The minimum absolute atomic E-state index is 0.172. The number of benzene rings is 1. The van der Waals surface area contributed by atoms with E-state index in [1.54, 1.807) is 0 Å². The molecule has 0 fully saturated rings. The van der Waals surface area contributed by atoms with E-state index in [0.717, 1.165) is 12.0 Å². The van der Waals surface area contributed by atoms with Crippen LogP contribution in [-0.2, 0) is 20.7 Å². The summed E-state index contributed by atoms with van der Waals surface area (Å²) < 4.78 is 4.59. The van der Waals surface area contributed by atoms with Crippen LogP contribution in [0, 0.1) is 0 Å². The highest BCUT2D eigenvalue weighted by Crippen LogP contribution is 2.12. The summed E-state index contributed by atoms with van der Waals surface area (Å²) in [5.41, 5.74) is 7.47. The van der Waals surface area contributed by atoms with E-state index in [0.29, 0.717) is 24.9 Å². The Bertz CT molecular complexity index is 443. The number of methoxy groups -OCH3 is 1. The van der Waals surface area contributed by atoms with E-state index < -0.39 is 6.04 Å². The van der Waals surface area contributed by atoms with Crippen LogP contribution in [0.25, 0.3) is 0 Å². The summed E-state index contributed by atoms with van der Waals surface area (Å²) >= 11 is 0. The lowest BCUT2D eigenvalue weighted by molar-refractivity contribution is -0.140. The standard InChI is InChI=1S/C15H22N2O3/c1-3-4-13(16)15(19)17-12-8-5-11(6-9-12)7-10-14(18)20-2/h5-6,8-9,13H,3-4,7,10,16H2,1-2H3,(H,17,19). The van der Waals surface area contributed by atoms with Crippen molar-refractivity contribution >= 4 is 17.6 Å². The molecular weight excluding hydrogens is 256 g/mol. The van der Waals surface area contributed by atoms with Gasteiger partial charge in [0.15, 0.2) is 0 Å². The maximum absolute atomic E-state index is 11.7. The van der Waals surface area contributed by atoms with Gasteiger partial charge >= 0.3 is 5.97 Å². The zero-order valence-electron chi connectivity index (χ0n) is 12.0. The van der Waals surface area contributed by atoms with Crippen LogP contribution in [0.3, 0.4) is 0 Å². The fourth-order valence-electron chi connectivity index (χ4n) is 1.78. The fourth-order valence-corrected chi connectivity index (χ4v) is 1.78. The molecule has 0 aliphatic heterocycles. The number of hydrogen-bond acceptors (Lipinski definition) is 4. The first-order valence-electron chi connectivity index (χ1n) is 6.79. The summed E-state index contributed by atoms with van der Waals surface area (Å²) in [6.07, 6.45) is 2.52. The van der Waals surface area contributed by atoms with Crippen LogP contribution in [0.2, 0.25) is 0 Å². The number of carbonyl (C=O) groups is 2. The monoisotopic (exact) mass is 278 g/mol. The second-order valence-corrected chi connectivity index (χ2v) is 4.66. The molecule has 1 aromatic rings. The van der Waals surface area contributed by atoms with Gasteiger partial charge in [-0.25, -0.2) is 0 Å². The lowest BCUT2D eigenvalue weighted by Gasteiger charge is -2.11. The number of carbonyl (C=O) groups excluding carboxylic acids is 2. The third-order valence-corrected chi connectivity index (χ3v) is 3.00. The molecule has 20 heavy (non-hydrogen) atoms. The van der Waals surface area contributed by atoms with Gasteiger partial charge in [-0.05, 0) is 30.5 Å². The Morgan fingerprint density at radius 3 is 2.50 bits per heavy atom. The van der Waals surface area contributed by atoms with Crippen molar-refractivity contribution in [3.63, 3.8) is 0 Å². The molecule has 0 saturated heterocycles. The van der Waals surface area contributed by atoms with Gasteiger partial charge in [0.05, 0.1) is 13.2 Å². The molecule has 1 aromatic carbocycles. The molecular formula is C15H22N2O3. The van der Waals surface area contributed by atoms with Gasteiger partial charge in [0, 0.05) is 12.1 Å². The summed E-state index contributed by atoms with van der Waals surface area (Å²) in [6.45, 7) is 1.99. The second-order valence-electron chi connectivity index (χ2n) is 4.66. The Labute approximate surface area is 119 Å². The van der Waals surface area contributed by atoms with Crippen molar-refractivity contribution in [3.05, 3.63) is 29.8 Å². The molecule has 1 amide bonds. The Balaban J connectivity index is 2.50. The number of rotatable bonds is 7. The van der Waals surface area contributed by atoms with Crippen LogP contribution in [0.5, 0.6) is 0 Å². The molecule has 0 aliphatic carbocycles. The molecule has 0 radical (unpaired) electrons. The Kier molecular flexibility index (Phi) is 6.73. The molecule has 0 saturated carbocycles. The highest BCUT2D eigenvalue weighted by Gasteiger charge is 2.12. The maximum atomic E-state index is 11.7. The third kappa shape index (κ3) is 5.40. The van der Waals surface area contributed by atoms with Gasteiger partial charge in [-0.1, -0.05) is 25.5 Å². The number of anilines is 1. The fraction of sp³-hybridized carbons (Fsp3) is 0.467. The molecule has 110 valence electrons. The number of esters is 1. The molecule has 1 unspecified atom stereocenters. The molecule has 5 heteroatoms. The van der Waals surface area contributed by atoms with Gasteiger partial charge < -0.3 is 15.8 Å². The number of aryl methyl sites for hydroxylation is 1. The van der Waals surface area contributed by atoms with Gasteiger partial charge in [0.25, 0.3) is 0 Å². The highest BCUT2D eigenvalue weighted by atomic mass is 16.5. The average Bonchev–Trinajstić information content (AvgIpc) is 2.46. The summed E-state index contributed by atoms with van der Waals surface area (Å²) in [4.78, 5) is 22.8. The van der Waals surface area contributed by atoms with E-state index >= 15 is 0 Å². The topological polar surface area (TPSA) is 81.4 Å². The Hall–Kier alpha value is -1.88. The van der Waals surface area contributed by atoms with Crippen LogP contribution in [0.1, 0.15) is 31.7 Å². The first-order chi connectivity index (χ1) is 9.56. The highest BCUT2D eigenvalue weighted by molar-refractivity contribution is 5.94. The van der Waals surface area contributed by atoms with E-state index in [4.69, 9.17) is 5.73 Å². The van der Waals surface area contributed by atoms with E-state index in [9.17, 15) is 9.59 Å². The smallest absolute Gasteiger partial charge is 0.305 e. The minimum Gasteiger partial charge on any atom is -0.469 e. The molecule has 0 heterocycles. The number of nitrogens with one attached hydrogen (secondary N) is 1. The molecule has 0 aliphatic rings. The largest absolute Gasteiger partial charge is 0.469 e. The lowest BCUT2D eigenvalue weighted by Crippen LogP contribution is -2.35. The Morgan fingerprint density at radius 2 is 1.95 bits per heavy atom. The molecule has 0 bridgehead atoms. The first-order valence-corrected chi connectivity index (χ1v) is 6.79. The number of nitrogens with two attached hydrogens (primary N) is 1. The predicted molar refractivity (Wildman–Crippen MR) is 78.3 cm³/mol. The van der Waals surface area contributed by atoms with Crippen LogP contribution in [0.4, 0.5) is 5.69 Å². The van der Waals surface area contributed by atoms with E-state index in [1.807, 2.05) is 31.2 Å². The molecule has 3 N–H and O–H groups in total. The summed E-state index contributed by atoms with van der Waals surface area (Å²) in [5.74, 6) is -0.401. The van der Waals surface area contributed by atoms with Crippen molar-refractivity contribution in [2.24, 2.45) is 5.73 Å². The van der Waals surface area contributed by atoms with Crippen molar-refractivity contribution in [1.82, 2.24) is 0 Å². The number of hydrogen-bond donors (Lipinski definition) is 2. The average molecular weight is 278 g/mol. The summed E-state index contributed by atoms with van der Waals surface area (Å²) in [6, 6.07) is 6.90.